The second-order valence-electron chi connectivity index (χ2n) is 6.81. The molecule has 0 saturated heterocycles. The van der Waals surface area contributed by atoms with Gasteiger partial charge in [-0.1, -0.05) is 48.0 Å². The smallest absolute Gasteiger partial charge is 0.335 e. The number of carbonyl (C=O) groups excluding carboxylic acids is 1. The van der Waals surface area contributed by atoms with Gasteiger partial charge >= 0.3 is 5.97 Å². The SMILES string of the molecule is Cc1ccc(C2(NC(=O)CCc3ccccc3C(=O)O)CCC2)cc1. The molecule has 0 heterocycles. The van der Waals surface area contributed by atoms with E-state index in [1.807, 2.05) is 0 Å². The van der Waals surface area contributed by atoms with E-state index in [-0.39, 0.29) is 23.4 Å². The summed E-state index contributed by atoms with van der Waals surface area (Å²) in [6.07, 6.45) is 3.73. The van der Waals surface area contributed by atoms with E-state index in [0.29, 0.717) is 12.0 Å². The third kappa shape index (κ3) is 3.73. The molecule has 1 aliphatic carbocycles. The predicted octanol–water partition coefficient (Wildman–Crippen LogP) is 3.82. The van der Waals surface area contributed by atoms with Crippen LogP contribution in [0, 0.1) is 6.92 Å². The van der Waals surface area contributed by atoms with E-state index in [4.69, 9.17) is 0 Å². The number of hydrogen-bond acceptors (Lipinski definition) is 2. The second kappa shape index (κ2) is 7.09. The molecule has 0 aromatic heterocycles. The number of amides is 1. The molecule has 1 aliphatic rings. The molecule has 0 atom stereocenters. The molecule has 2 aromatic carbocycles. The largest absolute Gasteiger partial charge is 0.478 e. The average Bonchev–Trinajstić information content (AvgIpc) is 2.57. The van der Waals surface area contributed by atoms with Crippen molar-refractivity contribution < 1.29 is 14.7 Å². The number of aromatic carboxylic acids is 1. The van der Waals surface area contributed by atoms with Gasteiger partial charge in [0.25, 0.3) is 0 Å². The lowest BCUT2D eigenvalue weighted by molar-refractivity contribution is -0.124. The highest BCUT2D eigenvalue weighted by atomic mass is 16.4. The van der Waals surface area contributed by atoms with Crippen molar-refractivity contribution >= 4 is 11.9 Å². The molecule has 0 radical (unpaired) electrons. The fraction of sp³-hybridized carbons (Fsp3) is 0.333. The Balaban J connectivity index is 1.66. The Hall–Kier alpha value is -2.62. The number of hydrogen-bond donors (Lipinski definition) is 2. The summed E-state index contributed by atoms with van der Waals surface area (Å²) in [4.78, 5) is 23.8. The summed E-state index contributed by atoms with van der Waals surface area (Å²) < 4.78 is 0. The summed E-state index contributed by atoms with van der Waals surface area (Å²) in [6, 6.07) is 15.2. The van der Waals surface area contributed by atoms with Crippen LogP contribution < -0.4 is 5.32 Å². The first-order chi connectivity index (χ1) is 12.0. The van der Waals surface area contributed by atoms with Crippen LogP contribution in [0.15, 0.2) is 48.5 Å². The minimum absolute atomic E-state index is 0.0273. The molecule has 1 fully saturated rings. The summed E-state index contributed by atoms with van der Waals surface area (Å²) in [5.41, 5.74) is 3.07. The van der Waals surface area contributed by atoms with Crippen LogP contribution in [0.1, 0.15) is 52.7 Å². The lowest BCUT2D eigenvalue weighted by Crippen LogP contribution is -2.50. The number of carboxylic acids is 1. The van der Waals surface area contributed by atoms with Crippen LogP contribution in [0.25, 0.3) is 0 Å². The van der Waals surface area contributed by atoms with E-state index >= 15 is 0 Å². The van der Waals surface area contributed by atoms with Gasteiger partial charge in [0.15, 0.2) is 0 Å². The van der Waals surface area contributed by atoms with Gasteiger partial charge in [-0.05, 0) is 49.8 Å². The highest BCUT2D eigenvalue weighted by Crippen LogP contribution is 2.41. The molecule has 2 N–H and O–H groups in total. The first-order valence-corrected chi connectivity index (χ1v) is 8.69. The fourth-order valence-electron chi connectivity index (χ4n) is 3.41. The van der Waals surface area contributed by atoms with Gasteiger partial charge in [0.1, 0.15) is 0 Å². The maximum absolute atomic E-state index is 12.5. The number of nitrogens with one attached hydrogen (secondary N) is 1. The maximum Gasteiger partial charge on any atom is 0.335 e. The monoisotopic (exact) mass is 337 g/mol. The first kappa shape index (κ1) is 17.2. The predicted molar refractivity (Wildman–Crippen MR) is 96.6 cm³/mol. The van der Waals surface area contributed by atoms with Crippen LogP contribution in [0.5, 0.6) is 0 Å². The van der Waals surface area contributed by atoms with Gasteiger partial charge in [-0.15, -0.1) is 0 Å². The van der Waals surface area contributed by atoms with Crippen LogP contribution in [0.2, 0.25) is 0 Å². The number of aryl methyl sites for hydroxylation is 2. The summed E-state index contributed by atoms with van der Waals surface area (Å²) in [7, 11) is 0. The highest BCUT2D eigenvalue weighted by molar-refractivity contribution is 5.89. The Labute approximate surface area is 147 Å². The Kier molecular flexibility index (Phi) is 4.88. The third-order valence-corrected chi connectivity index (χ3v) is 5.06. The molecular formula is C21H23NO3. The van der Waals surface area contributed by atoms with E-state index in [9.17, 15) is 14.7 Å². The number of carbonyl (C=O) groups is 2. The van der Waals surface area contributed by atoms with Gasteiger partial charge in [-0.25, -0.2) is 4.79 Å². The Bertz CT molecular complexity index is 776. The minimum Gasteiger partial charge on any atom is -0.478 e. The normalized spacial score (nSPS) is 15.2. The van der Waals surface area contributed by atoms with E-state index in [1.165, 1.54) is 5.56 Å². The Morgan fingerprint density at radius 3 is 2.36 bits per heavy atom. The summed E-state index contributed by atoms with van der Waals surface area (Å²) in [5.74, 6) is -0.980. The third-order valence-electron chi connectivity index (χ3n) is 5.06. The average molecular weight is 337 g/mol. The second-order valence-corrected chi connectivity index (χ2v) is 6.81. The molecule has 0 bridgehead atoms. The zero-order valence-corrected chi connectivity index (χ0v) is 14.4. The lowest BCUT2D eigenvalue weighted by atomic mass is 9.71. The van der Waals surface area contributed by atoms with Crippen LogP contribution in [0.4, 0.5) is 0 Å². The molecule has 4 nitrogen and oxygen atoms in total. The van der Waals surface area contributed by atoms with Crippen LogP contribution in [-0.4, -0.2) is 17.0 Å². The number of rotatable bonds is 6. The topological polar surface area (TPSA) is 66.4 Å². The van der Waals surface area contributed by atoms with Crippen molar-refractivity contribution in [1.29, 1.82) is 0 Å². The molecule has 4 heteroatoms. The van der Waals surface area contributed by atoms with E-state index in [0.717, 1.165) is 24.8 Å². The first-order valence-electron chi connectivity index (χ1n) is 8.69. The van der Waals surface area contributed by atoms with Gasteiger partial charge in [0.2, 0.25) is 5.91 Å². The van der Waals surface area contributed by atoms with Crippen molar-refractivity contribution in [2.75, 3.05) is 0 Å². The Morgan fingerprint density at radius 1 is 1.08 bits per heavy atom. The van der Waals surface area contributed by atoms with E-state index in [2.05, 4.69) is 36.5 Å². The van der Waals surface area contributed by atoms with Crippen molar-refractivity contribution in [1.82, 2.24) is 5.32 Å². The van der Waals surface area contributed by atoms with Crippen molar-refractivity contribution in [2.45, 2.75) is 44.6 Å². The van der Waals surface area contributed by atoms with E-state index in [1.54, 1.807) is 24.3 Å². The van der Waals surface area contributed by atoms with E-state index < -0.39 is 5.97 Å². The molecule has 130 valence electrons. The van der Waals surface area contributed by atoms with Crippen LogP contribution >= 0.6 is 0 Å². The summed E-state index contributed by atoms with van der Waals surface area (Å²) in [5, 5.41) is 12.4. The van der Waals surface area contributed by atoms with Gasteiger partial charge in [-0.2, -0.15) is 0 Å². The molecule has 25 heavy (non-hydrogen) atoms. The number of carboxylic acid groups (broad SMARTS) is 1. The van der Waals surface area contributed by atoms with Crippen molar-refractivity contribution in [2.24, 2.45) is 0 Å². The molecule has 0 unspecified atom stereocenters. The maximum atomic E-state index is 12.5. The molecule has 3 rings (SSSR count). The number of benzene rings is 2. The Morgan fingerprint density at radius 2 is 1.76 bits per heavy atom. The minimum atomic E-state index is -0.953. The molecule has 2 aromatic rings. The fourth-order valence-corrected chi connectivity index (χ4v) is 3.41. The van der Waals surface area contributed by atoms with Gasteiger partial charge in [0, 0.05) is 6.42 Å². The van der Waals surface area contributed by atoms with Crippen LogP contribution in [-0.2, 0) is 16.8 Å². The zero-order chi connectivity index (χ0) is 17.9. The van der Waals surface area contributed by atoms with Gasteiger partial charge in [-0.3, -0.25) is 4.79 Å². The van der Waals surface area contributed by atoms with Crippen LogP contribution in [0.3, 0.4) is 0 Å². The molecule has 1 saturated carbocycles. The van der Waals surface area contributed by atoms with Crippen molar-refractivity contribution in [3.63, 3.8) is 0 Å². The van der Waals surface area contributed by atoms with Gasteiger partial charge in [0.05, 0.1) is 11.1 Å². The summed E-state index contributed by atoms with van der Waals surface area (Å²) in [6.45, 7) is 2.05. The molecule has 1 amide bonds. The highest BCUT2D eigenvalue weighted by Gasteiger charge is 2.39. The van der Waals surface area contributed by atoms with Gasteiger partial charge < -0.3 is 10.4 Å². The zero-order valence-electron chi connectivity index (χ0n) is 14.4. The summed E-state index contributed by atoms with van der Waals surface area (Å²) >= 11 is 0. The quantitative estimate of drug-likeness (QED) is 0.842. The van der Waals surface area contributed by atoms with Crippen molar-refractivity contribution in [3.05, 3.63) is 70.8 Å². The molecule has 0 aliphatic heterocycles. The molecular weight excluding hydrogens is 314 g/mol. The molecule has 0 spiro atoms. The standard InChI is InChI=1S/C21H23NO3/c1-15-7-10-17(11-8-15)21(13-4-14-21)22-19(23)12-9-16-5-2-3-6-18(16)20(24)25/h2-3,5-8,10-11H,4,9,12-14H2,1H3,(H,22,23)(H,24,25). The van der Waals surface area contributed by atoms with Crippen molar-refractivity contribution in [3.8, 4) is 0 Å². The lowest BCUT2D eigenvalue weighted by Gasteiger charge is -2.43.